The number of hydrogen-bond acceptors (Lipinski definition) is 3. The molecule has 0 saturated carbocycles. The van der Waals surface area contributed by atoms with E-state index < -0.39 is 21.8 Å². The second-order valence-electron chi connectivity index (χ2n) is 8.07. The smallest absolute Gasteiger partial charge is 0.293 e. The van der Waals surface area contributed by atoms with Crippen molar-refractivity contribution in [3.63, 3.8) is 0 Å². The molecule has 4 nitrogen and oxygen atoms in total. The van der Waals surface area contributed by atoms with Crippen LogP contribution >= 0.6 is 15.9 Å². The number of halogens is 4. The third kappa shape index (κ3) is 5.88. The quantitative estimate of drug-likeness (QED) is 0.301. The lowest BCUT2D eigenvalue weighted by Crippen LogP contribution is -2.28. The summed E-state index contributed by atoms with van der Waals surface area (Å²) in [4.78, 5) is 2.11. The van der Waals surface area contributed by atoms with Gasteiger partial charge in [-0.2, -0.15) is 13.2 Å². The van der Waals surface area contributed by atoms with E-state index in [0.717, 1.165) is 35.0 Å². The first-order chi connectivity index (χ1) is 15.4. The third-order valence-corrected chi connectivity index (χ3v) is 7.36. The van der Waals surface area contributed by atoms with Crippen LogP contribution in [-0.2, 0) is 22.7 Å². The number of nitrogens with zero attached hydrogens (tertiary/aromatic N) is 2. The zero-order valence-corrected chi connectivity index (χ0v) is 20.9. The lowest BCUT2D eigenvalue weighted by atomic mass is 10.1. The summed E-state index contributed by atoms with van der Waals surface area (Å²) >= 11 is 3.36. The van der Waals surface area contributed by atoms with Gasteiger partial charge in [-0.3, -0.25) is 4.90 Å². The lowest BCUT2D eigenvalue weighted by molar-refractivity contribution is -0.137. The summed E-state index contributed by atoms with van der Waals surface area (Å²) in [5, 5.41) is 0.226. The van der Waals surface area contributed by atoms with Gasteiger partial charge in [0.2, 0.25) is 0 Å². The van der Waals surface area contributed by atoms with Crippen molar-refractivity contribution < 1.29 is 21.6 Å². The zero-order chi connectivity index (χ0) is 24.4. The average molecular weight is 543 g/mol. The van der Waals surface area contributed by atoms with Gasteiger partial charge in [-0.1, -0.05) is 53.5 Å². The fraction of sp³-hybridized carbons (Fsp3) is 0.333. The molecule has 0 aliphatic carbocycles. The summed E-state index contributed by atoms with van der Waals surface area (Å²) in [7, 11) is -4.04. The van der Waals surface area contributed by atoms with Crippen molar-refractivity contribution in [2.45, 2.75) is 44.3 Å². The molecule has 0 spiro atoms. The molecule has 0 aliphatic heterocycles. The van der Waals surface area contributed by atoms with Crippen LogP contribution in [0.5, 0.6) is 0 Å². The Labute approximate surface area is 200 Å². The molecular weight excluding hydrogens is 517 g/mol. The van der Waals surface area contributed by atoms with Crippen LogP contribution in [0.1, 0.15) is 36.6 Å². The summed E-state index contributed by atoms with van der Waals surface area (Å²) in [5.41, 5.74) is 0.701. The van der Waals surface area contributed by atoms with E-state index >= 15 is 0 Å². The number of benzene rings is 2. The molecule has 2 aromatic carbocycles. The number of unbranched alkanes of at least 4 members (excludes halogenated alkanes) is 1. The predicted octanol–water partition coefficient (Wildman–Crippen LogP) is 6.72. The molecule has 9 heteroatoms. The molecule has 33 heavy (non-hydrogen) atoms. The summed E-state index contributed by atoms with van der Waals surface area (Å²) < 4.78 is 69.1. The van der Waals surface area contributed by atoms with Gasteiger partial charge in [-0.15, -0.1) is 0 Å². The highest BCUT2D eigenvalue weighted by atomic mass is 79.9. The first-order valence-electron chi connectivity index (χ1n) is 10.5. The van der Waals surface area contributed by atoms with Crippen molar-refractivity contribution in [1.29, 1.82) is 0 Å². The maximum Gasteiger partial charge on any atom is 0.416 e. The lowest BCUT2D eigenvalue weighted by Gasteiger charge is -2.23. The van der Waals surface area contributed by atoms with Gasteiger partial charge in [0.15, 0.2) is 0 Å². The van der Waals surface area contributed by atoms with Gasteiger partial charge in [-0.05, 0) is 56.3 Å². The average Bonchev–Trinajstić information content (AvgIpc) is 3.09. The van der Waals surface area contributed by atoms with Crippen LogP contribution < -0.4 is 0 Å². The van der Waals surface area contributed by atoms with Crippen LogP contribution in [0.3, 0.4) is 0 Å². The van der Waals surface area contributed by atoms with E-state index in [1.165, 1.54) is 28.2 Å². The molecule has 3 aromatic rings. The molecule has 0 radical (unpaired) electrons. The van der Waals surface area contributed by atoms with Gasteiger partial charge >= 0.3 is 6.18 Å². The normalized spacial score (nSPS) is 12.6. The van der Waals surface area contributed by atoms with Crippen LogP contribution in [0.15, 0.2) is 64.5 Å². The summed E-state index contributed by atoms with van der Waals surface area (Å²) in [6.45, 7) is 9.21. The second kappa shape index (κ2) is 10.0. The number of aryl methyl sites for hydroxylation is 1. The van der Waals surface area contributed by atoms with Crippen molar-refractivity contribution in [3.8, 4) is 0 Å². The van der Waals surface area contributed by atoms with E-state index in [9.17, 15) is 21.6 Å². The van der Waals surface area contributed by atoms with Gasteiger partial charge in [0.25, 0.3) is 10.0 Å². The number of rotatable bonds is 9. The summed E-state index contributed by atoms with van der Waals surface area (Å²) in [5.74, 6) is 0. The van der Waals surface area contributed by atoms with E-state index in [1.54, 1.807) is 12.1 Å². The minimum absolute atomic E-state index is 0.0803. The Morgan fingerprint density at radius 3 is 2.36 bits per heavy atom. The first-order valence-corrected chi connectivity index (χ1v) is 12.8. The highest BCUT2D eigenvalue weighted by Gasteiger charge is 2.32. The molecule has 1 heterocycles. The minimum atomic E-state index is -4.52. The SMILES string of the molecule is C=C(Br)CN(CCCC)Cc1cc2cc(C(F)(F)F)ccc2n1S(=O)(=O)c1ccc(C)cc1. The molecule has 0 fully saturated rings. The van der Waals surface area contributed by atoms with E-state index in [4.69, 9.17) is 0 Å². The molecule has 0 atom stereocenters. The Bertz CT molecular complexity index is 1250. The maximum atomic E-state index is 13.6. The molecule has 0 amide bonds. The van der Waals surface area contributed by atoms with E-state index in [2.05, 4.69) is 29.4 Å². The fourth-order valence-electron chi connectivity index (χ4n) is 3.70. The molecule has 178 valence electrons. The van der Waals surface area contributed by atoms with Gasteiger partial charge in [-0.25, -0.2) is 12.4 Å². The monoisotopic (exact) mass is 542 g/mol. The zero-order valence-electron chi connectivity index (χ0n) is 18.5. The molecule has 0 bridgehead atoms. The maximum absolute atomic E-state index is 13.6. The summed E-state index contributed by atoms with van der Waals surface area (Å²) in [6, 6.07) is 11.1. The molecule has 0 aliphatic rings. The Morgan fingerprint density at radius 2 is 1.79 bits per heavy atom. The number of alkyl halides is 3. The fourth-order valence-corrected chi connectivity index (χ4v) is 5.59. The predicted molar refractivity (Wildman–Crippen MR) is 129 cm³/mol. The summed E-state index contributed by atoms with van der Waals surface area (Å²) in [6.07, 6.45) is -2.68. The molecule has 0 saturated heterocycles. The van der Waals surface area contributed by atoms with Crippen molar-refractivity contribution in [2.75, 3.05) is 13.1 Å². The van der Waals surface area contributed by atoms with Crippen LogP contribution in [0.4, 0.5) is 13.2 Å². The van der Waals surface area contributed by atoms with Gasteiger partial charge < -0.3 is 0 Å². The molecular formula is C24H26BrF3N2O2S. The third-order valence-electron chi connectivity index (χ3n) is 5.32. The van der Waals surface area contributed by atoms with Crippen LogP contribution in [0.25, 0.3) is 10.9 Å². The number of fused-ring (bicyclic) bond motifs is 1. The van der Waals surface area contributed by atoms with Crippen molar-refractivity contribution in [1.82, 2.24) is 8.87 Å². The van der Waals surface area contributed by atoms with Gasteiger partial charge in [0.05, 0.1) is 16.0 Å². The van der Waals surface area contributed by atoms with E-state index in [0.29, 0.717) is 18.8 Å². The van der Waals surface area contributed by atoms with Crippen molar-refractivity contribution in [3.05, 3.63) is 76.4 Å². The van der Waals surface area contributed by atoms with E-state index in [-0.39, 0.29) is 22.3 Å². The first kappa shape index (κ1) is 25.5. The molecule has 1 aromatic heterocycles. The minimum Gasteiger partial charge on any atom is -0.293 e. The Morgan fingerprint density at radius 1 is 1.12 bits per heavy atom. The topological polar surface area (TPSA) is 42.3 Å². The molecule has 0 N–H and O–H groups in total. The standard InChI is InChI=1S/C24H26BrF3N2O2S/c1-4-5-12-29(15-18(3)25)16-21-14-19-13-20(24(26,27)28)8-11-23(19)30(21)33(31,32)22-9-6-17(2)7-10-22/h6-11,13-14H,3-5,12,15-16H2,1-2H3. The number of hydrogen-bond donors (Lipinski definition) is 0. The highest BCUT2D eigenvalue weighted by molar-refractivity contribution is 9.11. The van der Waals surface area contributed by atoms with Crippen LogP contribution in [0, 0.1) is 6.92 Å². The molecule has 3 rings (SSSR count). The van der Waals surface area contributed by atoms with Gasteiger partial charge in [0, 0.05) is 28.7 Å². The largest absolute Gasteiger partial charge is 0.416 e. The van der Waals surface area contributed by atoms with Crippen LogP contribution in [-0.4, -0.2) is 30.4 Å². The van der Waals surface area contributed by atoms with Gasteiger partial charge in [0.1, 0.15) is 0 Å². The Balaban J connectivity index is 2.19. The second-order valence-corrected chi connectivity index (χ2v) is 11.0. The Kier molecular flexibility index (Phi) is 7.76. The van der Waals surface area contributed by atoms with Crippen molar-refractivity contribution in [2.24, 2.45) is 0 Å². The Hall–Kier alpha value is -2.10. The van der Waals surface area contributed by atoms with Crippen molar-refractivity contribution >= 4 is 36.9 Å². The molecule has 0 unspecified atom stereocenters. The van der Waals surface area contributed by atoms with E-state index in [1.807, 2.05) is 11.8 Å². The number of aromatic nitrogens is 1. The highest BCUT2D eigenvalue weighted by Crippen LogP contribution is 2.34. The van der Waals surface area contributed by atoms with Crippen LogP contribution in [0.2, 0.25) is 0 Å².